The first-order valence-electron chi connectivity index (χ1n) is 8.95. The van der Waals surface area contributed by atoms with Crippen molar-refractivity contribution in [3.05, 3.63) is 58.6 Å². The van der Waals surface area contributed by atoms with Crippen LogP contribution in [0.5, 0.6) is 5.75 Å². The van der Waals surface area contributed by atoms with Crippen molar-refractivity contribution in [2.75, 3.05) is 25.1 Å². The Labute approximate surface area is 174 Å². The average Bonchev–Trinajstić information content (AvgIpc) is 2.65. The summed E-state index contributed by atoms with van der Waals surface area (Å²) in [6.07, 6.45) is 0. The summed E-state index contributed by atoms with van der Waals surface area (Å²) in [5.74, 6) is 0.604. The van der Waals surface area contributed by atoms with Crippen molar-refractivity contribution in [2.45, 2.75) is 26.6 Å². The van der Waals surface area contributed by atoms with Gasteiger partial charge in [0.25, 0.3) is 0 Å². The molecule has 1 unspecified atom stereocenters. The maximum Gasteiger partial charge on any atom is 0.215 e. The second kappa shape index (κ2) is 8.62. The van der Waals surface area contributed by atoms with Crippen LogP contribution in [0.4, 0.5) is 5.69 Å². The van der Waals surface area contributed by atoms with Gasteiger partial charge < -0.3 is 19.1 Å². The number of anilines is 1. The van der Waals surface area contributed by atoms with Gasteiger partial charge in [-0.15, -0.1) is 0 Å². The van der Waals surface area contributed by atoms with Crippen LogP contribution >= 0.6 is 22.4 Å². The number of hydrogen-bond acceptors (Lipinski definition) is 5. The monoisotopic (exact) mass is 469 g/mol. The van der Waals surface area contributed by atoms with E-state index in [0.717, 1.165) is 21.5 Å². The van der Waals surface area contributed by atoms with E-state index >= 15 is 0 Å². The van der Waals surface area contributed by atoms with Gasteiger partial charge in [-0.3, -0.25) is 0 Å². The molecule has 1 fully saturated rings. The van der Waals surface area contributed by atoms with E-state index in [-0.39, 0.29) is 11.2 Å². The van der Waals surface area contributed by atoms with E-state index in [4.69, 9.17) is 25.6 Å². The lowest BCUT2D eigenvalue weighted by Gasteiger charge is -2.40. The van der Waals surface area contributed by atoms with E-state index in [2.05, 4.69) is 35.1 Å². The van der Waals surface area contributed by atoms with Gasteiger partial charge in [-0.1, -0.05) is 41.9 Å². The molecule has 2 aromatic rings. The van der Waals surface area contributed by atoms with Gasteiger partial charge in [0.1, 0.15) is 11.5 Å². The molecule has 27 heavy (non-hydrogen) atoms. The Hall–Kier alpha value is -0.910. The molecular weight excluding hydrogens is 445 g/mol. The van der Waals surface area contributed by atoms with Crippen molar-refractivity contribution in [1.82, 2.24) is 0 Å². The molecule has 1 saturated heterocycles. The van der Waals surface area contributed by atoms with E-state index in [9.17, 15) is 0 Å². The Kier molecular flexibility index (Phi) is 6.65. The van der Waals surface area contributed by atoms with Crippen LogP contribution in [0.25, 0.3) is 0 Å². The Bertz CT molecular complexity index is 797. The molecule has 1 atom stereocenters. The van der Waals surface area contributed by atoms with Gasteiger partial charge in [0.2, 0.25) is 6.49 Å². The Balaban J connectivity index is 1.90. The SMILES string of the molecule is CCOc1ccc(C(Nc2ccc(Br)cc2)P2(=S)OCC(C)(C)CO2)cc1. The zero-order valence-electron chi connectivity index (χ0n) is 15.8. The normalized spacial score (nSPS) is 19.3. The summed E-state index contributed by atoms with van der Waals surface area (Å²) in [7, 11) is 0. The summed E-state index contributed by atoms with van der Waals surface area (Å²) in [5.41, 5.74) is 1.98. The minimum absolute atomic E-state index is 0.0245. The van der Waals surface area contributed by atoms with Crippen LogP contribution in [-0.2, 0) is 20.9 Å². The second-order valence-electron chi connectivity index (χ2n) is 7.31. The van der Waals surface area contributed by atoms with Gasteiger partial charge in [-0.05, 0) is 60.7 Å². The maximum atomic E-state index is 6.17. The largest absolute Gasteiger partial charge is 0.494 e. The quantitative estimate of drug-likeness (QED) is 0.499. The average molecular weight is 470 g/mol. The molecule has 4 nitrogen and oxygen atoms in total. The van der Waals surface area contributed by atoms with Crippen LogP contribution in [0.1, 0.15) is 32.1 Å². The molecule has 3 rings (SSSR count). The van der Waals surface area contributed by atoms with Gasteiger partial charge in [0, 0.05) is 15.6 Å². The Morgan fingerprint density at radius 3 is 2.26 bits per heavy atom. The van der Waals surface area contributed by atoms with Crippen LogP contribution in [0, 0.1) is 5.41 Å². The van der Waals surface area contributed by atoms with E-state index in [1.165, 1.54) is 0 Å². The lowest BCUT2D eigenvalue weighted by molar-refractivity contribution is 0.0579. The summed E-state index contributed by atoms with van der Waals surface area (Å²) < 4.78 is 18.9. The smallest absolute Gasteiger partial charge is 0.215 e. The molecule has 0 spiro atoms. The molecule has 0 aromatic heterocycles. The number of rotatable bonds is 6. The number of ether oxygens (including phenoxy) is 1. The summed E-state index contributed by atoms with van der Waals surface area (Å²) in [5, 5.41) is 3.55. The molecule has 0 saturated carbocycles. The molecule has 1 N–H and O–H groups in total. The highest BCUT2D eigenvalue weighted by Crippen LogP contribution is 2.64. The van der Waals surface area contributed by atoms with Crippen molar-refractivity contribution >= 4 is 39.9 Å². The highest BCUT2D eigenvalue weighted by molar-refractivity contribution is 9.10. The first-order valence-corrected chi connectivity index (χ1v) is 12.4. The molecule has 1 aliphatic heterocycles. The first kappa shape index (κ1) is 20.8. The van der Waals surface area contributed by atoms with Gasteiger partial charge in [-0.2, -0.15) is 0 Å². The molecule has 0 aliphatic carbocycles. The predicted octanol–water partition coefficient (Wildman–Crippen LogP) is 6.34. The van der Waals surface area contributed by atoms with E-state index < -0.39 is 6.49 Å². The van der Waals surface area contributed by atoms with E-state index in [0.29, 0.717) is 19.8 Å². The standard InChI is InChI=1S/C20H25BrNO3PS/c1-4-23-18-11-5-15(6-12-18)19(22-17-9-7-16(21)8-10-17)26(27)24-13-20(2,3)14-25-26/h5-12,19,22H,4,13-14H2,1-3H3. The third-order valence-corrected chi connectivity index (χ3v) is 8.07. The second-order valence-corrected chi connectivity index (χ2v) is 11.9. The molecule has 146 valence electrons. The fraction of sp³-hybridized carbons (Fsp3) is 0.400. The number of benzene rings is 2. The first-order chi connectivity index (χ1) is 12.8. The van der Waals surface area contributed by atoms with Crippen molar-refractivity contribution in [3.63, 3.8) is 0 Å². The number of hydrogen-bond donors (Lipinski definition) is 1. The van der Waals surface area contributed by atoms with Crippen LogP contribution < -0.4 is 10.1 Å². The summed E-state index contributed by atoms with van der Waals surface area (Å²) in [6.45, 7) is 5.49. The highest BCUT2D eigenvalue weighted by atomic mass is 79.9. The molecule has 0 amide bonds. The fourth-order valence-corrected chi connectivity index (χ4v) is 6.10. The Morgan fingerprint density at radius 2 is 1.70 bits per heavy atom. The third kappa shape index (κ3) is 5.33. The van der Waals surface area contributed by atoms with Gasteiger partial charge >= 0.3 is 0 Å². The number of nitrogens with one attached hydrogen (secondary N) is 1. The van der Waals surface area contributed by atoms with E-state index in [1.54, 1.807) is 0 Å². The topological polar surface area (TPSA) is 39.7 Å². The summed E-state index contributed by atoms with van der Waals surface area (Å²) >= 11 is 9.41. The predicted molar refractivity (Wildman–Crippen MR) is 118 cm³/mol. The lowest BCUT2D eigenvalue weighted by Crippen LogP contribution is -2.31. The van der Waals surface area contributed by atoms with Crippen LogP contribution in [0.15, 0.2) is 53.0 Å². The summed E-state index contributed by atoms with van der Waals surface area (Å²) in [4.78, 5) is 0. The van der Waals surface area contributed by atoms with Crippen molar-refractivity contribution < 1.29 is 13.8 Å². The molecular formula is C20H25BrNO3PS. The molecule has 0 bridgehead atoms. The molecule has 2 aromatic carbocycles. The van der Waals surface area contributed by atoms with Gasteiger partial charge in [-0.25, -0.2) is 0 Å². The van der Waals surface area contributed by atoms with Crippen molar-refractivity contribution in [2.24, 2.45) is 5.41 Å². The third-order valence-electron chi connectivity index (χ3n) is 4.24. The minimum atomic E-state index is -2.56. The van der Waals surface area contributed by atoms with Crippen molar-refractivity contribution in [3.8, 4) is 5.75 Å². The molecule has 7 heteroatoms. The Morgan fingerprint density at radius 1 is 1.11 bits per heavy atom. The molecule has 1 heterocycles. The van der Waals surface area contributed by atoms with E-state index in [1.807, 2.05) is 55.5 Å². The zero-order chi connectivity index (χ0) is 19.5. The van der Waals surface area contributed by atoms with Crippen LogP contribution in [-0.4, -0.2) is 19.8 Å². The number of halogens is 1. The highest BCUT2D eigenvalue weighted by Gasteiger charge is 2.40. The van der Waals surface area contributed by atoms with Crippen LogP contribution in [0.3, 0.4) is 0 Å². The fourth-order valence-electron chi connectivity index (χ4n) is 2.72. The zero-order valence-corrected chi connectivity index (χ0v) is 19.1. The van der Waals surface area contributed by atoms with Gasteiger partial charge in [0.05, 0.1) is 19.8 Å². The van der Waals surface area contributed by atoms with Crippen LogP contribution in [0.2, 0.25) is 0 Å². The minimum Gasteiger partial charge on any atom is -0.494 e. The molecule has 0 radical (unpaired) electrons. The van der Waals surface area contributed by atoms with Gasteiger partial charge in [0.15, 0.2) is 0 Å². The lowest BCUT2D eigenvalue weighted by atomic mass is 9.97. The van der Waals surface area contributed by atoms with Crippen molar-refractivity contribution in [1.29, 1.82) is 0 Å². The molecule has 1 aliphatic rings. The summed E-state index contributed by atoms with van der Waals surface area (Å²) in [6, 6.07) is 16.0. The maximum absolute atomic E-state index is 6.17.